The summed E-state index contributed by atoms with van der Waals surface area (Å²) >= 11 is 0. The number of aromatic amines is 1. The van der Waals surface area contributed by atoms with Crippen molar-refractivity contribution in [3.63, 3.8) is 0 Å². The van der Waals surface area contributed by atoms with Crippen LogP contribution in [0.4, 0.5) is 0 Å². The molecule has 49 valence electrons. The molecule has 0 bridgehead atoms. The second-order valence-electron chi connectivity index (χ2n) is 1.89. The average molecular weight is 124 g/mol. The molecule has 1 radical (unpaired) electrons. The number of nitrogens with one attached hydrogen (secondary N) is 2. The molecule has 2 N–H and O–H groups in total. The zero-order chi connectivity index (χ0) is 6.53. The SMILES string of the molecule is [NH]CCCc1ncc[nH]1. The van der Waals surface area contributed by atoms with Gasteiger partial charge in [-0.3, -0.25) is 5.73 Å². The van der Waals surface area contributed by atoms with E-state index in [1.165, 1.54) is 0 Å². The third kappa shape index (κ3) is 1.85. The van der Waals surface area contributed by atoms with Crippen molar-refractivity contribution >= 4 is 0 Å². The van der Waals surface area contributed by atoms with Gasteiger partial charge in [0.25, 0.3) is 0 Å². The van der Waals surface area contributed by atoms with Gasteiger partial charge in [0.15, 0.2) is 0 Å². The first kappa shape index (κ1) is 6.29. The summed E-state index contributed by atoms with van der Waals surface area (Å²) in [4.78, 5) is 6.99. The van der Waals surface area contributed by atoms with Crippen LogP contribution < -0.4 is 5.73 Å². The number of H-pyrrole nitrogens is 1. The first-order valence-electron chi connectivity index (χ1n) is 3.06. The highest BCUT2D eigenvalue weighted by atomic mass is 14.9. The fourth-order valence-corrected chi connectivity index (χ4v) is 0.691. The van der Waals surface area contributed by atoms with Crippen molar-refractivity contribution in [1.82, 2.24) is 15.7 Å². The normalized spacial score (nSPS) is 9.89. The summed E-state index contributed by atoms with van der Waals surface area (Å²) in [6.45, 7) is 0.487. The lowest BCUT2D eigenvalue weighted by molar-refractivity contribution is 0.782. The van der Waals surface area contributed by atoms with E-state index in [0.29, 0.717) is 6.54 Å². The number of aromatic nitrogens is 2. The minimum Gasteiger partial charge on any atom is -0.349 e. The number of hydrogen-bond donors (Lipinski definition) is 1. The van der Waals surface area contributed by atoms with E-state index in [2.05, 4.69) is 9.97 Å². The molecule has 0 atom stereocenters. The number of hydrogen-bond acceptors (Lipinski definition) is 1. The number of rotatable bonds is 3. The molecular formula is C6H10N3. The Hall–Kier alpha value is -0.830. The molecule has 3 heteroatoms. The third-order valence-electron chi connectivity index (χ3n) is 1.15. The zero-order valence-electron chi connectivity index (χ0n) is 5.22. The summed E-state index contributed by atoms with van der Waals surface area (Å²) in [7, 11) is 0. The Morgan fingerprint density at radius 3 is 3.11 bits per heavy atom. The monoisotopic (exact) mass is 124 g/mol. The van der Waals surface area contributed by atoms with E-state index < -0.39 is 0 Å². The van der Waals surface area contributed by atoms with Crippen molar-refractivity contribution in [3.05, 3.63) is 18.2 Å². The van der Waals surface area contributed by atoms with E-state index in [1.54, 1.807) is 12.4 Å². The van der Waals surface area contributed by atoms with Crippen LogP contribution in [-0.2, 0) is 6.42 Å². The van der Waals surface area contributed by atoms with Crippen LogP contribution in [0, 0.1) is 0 Å². The fourth-order valence-electron chi connectivity index (χ4n) is 0.691. The summed E-state index contributed by atoms with van der Waals surface area (Å²) in [6, 6.07) is 0. The summed E-state index contributed by atoms with van der Waals surface area (Å²) < 4.78 is 0. The van der Waals surface area contributed by atoms with Crippen LogP contribution in [-0.4, -0.2) is 16.5 Å². The summed E-state index contributed by atoms with van der Waals surface area (Å²) in [6.07, 6.45) is 5.34. The van der Waals surface area contributed by atoms with E-state index in [0.717, 1.165) is 18.7 Å². The van der Waals surface area contributed by atoms with Crippen LogP contribution in [0.1, 0.15) is 12.2 Å². The van der Waals surface area contributed by atoms with E-state index in [4.69, 9.17) is 5.73 Å². The van der Waals surface area contributed by atoms with Gasteiger partial charge in [-0.15, -0.1) is 0 Å². The summed E-state index contributed by atoms with van der Waals surface area (Å²) in [5.74, 6) is 0.988. The lowest BCUT2D eigenvalue weighted by atomic mass is 10.3. The van der Waals surface area contributed by atoms with Gasteiger partial charge in [-0.25, -0.2) is 4.98 Å². The van der Waals surface area contributed by atoms with Gasteiger partial charge in [0.05, 0.1) is 0 Å². The quantitative estimate of drug-likeness (QED) is 0.631. The highest BCUT2D eigenvalue weighted by molar-refractivity contribution is 4.86. The molecule has 1 rings (SSSR count). The second kappa shape index (κ2) is 3.25. The van der Waals surface area contributed by atoms with Gasteiger partial charge in [-0.1, -0.05) is 0 Å². The van der Waals surface area contributed by atoms with Crippen molar-refractivity contribution in [2.75, 3.05) is 6.54 Å². The molecule has 0 aromatic carbocycles. The molecule has 1 heterocycles. The topological polar surface area (TPSA) is 52.5 Å². The molecular weight excluding hydrogens is 114 g/mol. The summed E-state index contributed by atoms with van der Waals surface area (Å²) in [5.41, 5.74) is 6.86. The highest BCUT2D eigenvalue weighted by Gasteiger charge is 1.90. The molecule has 0 aliphatic carbocycles. The predicted molar refractivity (Wildman–Crippen MR) is 34.9 cm³/mol. The van der Waals surface area contributed by atoms with Crippen molar-refractivity contribution in [2.24, 2.45) is 0 Å². The van der Waals surface area contributed by atoms with Crippen molar-refractivity contribution < 1.29 is 0 Å². The minimum atomic E-state index is 0.487. The Labute approximate surface area is 54.3 Å². The average Bonchev–Trinajstić information content (AvgIpc) is 2.34. The molecule has 9 heavy (non-hydrogen) atoms. The molecule has 0 fully saturated rings. The minimum absolute atomic E-state index is 0.487. The molecule has 0 spiro atoms. The van der Waals surface area contributed by atoms with Gasteiger partial charge in [0.2, 0.25) is 0 Å². The molecule has 0 aliphatic rings. The van der Waals surface area contributed by atoms with Gasteiger partial charge in [0.1, 0.15) is 5.82 Å². The lowest BCUT2D eigenvalue weighted by Gasteiger charge is -1.89. The van der Waals surface area contributed by atoms with E-state index in [-0.39, 0.29) is 0 Å². The van der Waals surface area contributed by atoms with Gasteiger partial charge in [0, 0.05) is 25.4 Å². The maximum Gasteiger partial charge on any atom is 0.106 e. The Morgan fingerprint density at radius 2 is 2.56 bits per heavy atom. The van der Waals surface area contributed by atoms with Gasteiger partial charge in [-0.05, 0) is 6.42 Å². The standard InChI is InChI=1S/C6H10N3/c7-3-1-2-6-8-4-5-9-6/h4-5,7H,1-3H2,(H,8,9). The molecule has 3 nitrogen and oxygen atoms in total. The number of imidazole rings is 1. The smallest absolute Gasteiger partial charge is 0.106 e. The predicted octanol–water partition coefficient (Wildman–Crippen LogP) is 0.625. The Balaban J connectivity index is 2.30. The zero-order valence-corrected chi connectivity index (χ0v) is 5.22. The van der Waals surface area contributed by atoms with Crippen molar-refractivity contribution in [1.29, 1.82) is 0 Å². The number of nitrogens with zero attached hydrogens (tertiary/aromatic N) is 1. The first-order valence-corrected chi connectivity index (χ1v) is 3.06. The Kier molecular flexibility index (Phi) is 2.27. The number of aryl methyl sites for hydroxylation is 1. The maximum atomic E-state index is 6.86. The van der Waals surface area contributed by atoms with Crippen LogP contribution in [0.5, 0.6) is 0 Å². The fraction of sp³-hybridized carbons (Fsp3) is 0.500. The largest absolute Gasteiger partial charge is 0.349 e. The van der Waals surface area contributed by atoms with Crippen LogP contribution >= 0.6 is 0 Å². The van der Waals surface area contributed by atoms with Crippen molar-refractivity contribution in [3.8, 4) is 0 Å². The van der Waals surface area contributed by atoms with E-state index in [1.807, 2.05) is 0 Å². The van der Waals surface area contributed by atoms with Gasteiger partial charge in [-0.2, -0.15) is 0 Å². The molecule has 1 aromatic rings. The van der Waals surface area contributed by atoms with Gasteiger partial charge >= 0.3 is 0 Å². The third-order valence-corrected chi connectivity index (χ3v) is 1.15. The summed E-state index contributed by atoms with van der Waals surface area (Å²) in [5, 5.41) is 0. The Bertz CT molecular complexity index is 145. The maximum absolute atomic E-state index is 6.86. The molecule has 0 saturated heterocycles. The highest BCUT2D eigenvalue weighted by Crippen LogP contribution is 1.92. The molecule has 0 unspecified atom stereocenters. The van der Waals surface area contributed by atoms with Crippen LogP contribution in [0.2, 0.25) is 0 Å². The van der Waals surface area contributed by atoms with Crippen molar-refractivity contribution in [2.45, 2.75) is 12.8 Å². The second-order valence-corrected chi connectivity index (χ2v) is 1.89. The molecule has 0 saturated carbocycles. The van der Waals surface area contributed by atoms with E-state index in [9.17, 15) is 0 Å². The van der Waals surface area contributed by atoms with Crippen LogP contribution in [0.25, 0.3) is 0 Å². The molecule has 1 aromatic heterocycles. The first-order chi connectivity index (χ1) is 4.43. The van der Waals surface area contributed by atoms with E-state index >= 15 is 0 Å². The lowest BCUT2D eigenvalue weighted by Crippen LogP contribution is -1.91. The molecule has 0 amide bonds. The molecule has 0 aliphatic heterocycles. The Morgan fingerprint density at radius 1 is 1.67 bits per heavy atom. The van der Waals surface area contributed by atoms with Crippen LogP contribution in [0.3, 0.4) is 0 Å². The van der Waals surface area contributed by atoms with Gasteiger partial charge < -0.3 is 4.98 Å². The van der Waals surface area contributed by atoms with Crippen LogP contribution in [0.15, 0.2) is 12.4 Å².